The Morgan fingerprint density at radius 2 is 1.96 bits per heavy atom. The normalized spacial score (nSPS) is 23.7. The maximum absolute atomic E-state index is 12.7. The summed E-state index contributed by atoms with van der Waals surface area (Å²) in [6.07, 6.45) is 3.92. The van der Waals surface area contributed by atoms with Gasteiger partial charge in [0.2, 0.25) is 5.91 Å². The summed E-state index contributed by atoms with van der Waals surface area (Å²) in [5.41, 5.74) is 5.40. The summed E-state index contributed by atoms with van der Waals surface area (Å²) < 4.78 is 10.8. The number of piperidine rings is 1. The van der Waals surface area contributed by atoms with Gasteiger partial charge in [-0.2, -0.15) is 0 Å². The van der Waals surface area contributed by atoms with Crippen molar-refractivity contribution in [3.05, 3.63) is 0 Å². The molecule has 2 heterocycles. The van der Waals surface area contributed by atoms with Crippen LogP contribution in [0.3, 0.4) is 0 Å². The van der Waals surface area contributed by atoms with Gasteiger partial charge in [-0.05, 0) is 39.5 Å². The third kappa shape index (κ3) is 4.44. The van der Waals surface area contributed by atoms with Crippen molar-refractivity contribution >= 4 is 5.91 Å². The van der Waals surface area contributed by atoms with Crippen LogP contribution in [0.1, 0.15) is 39.5 Å². The van der Waals surface area contributed by atoms with E-state index in [1.807, 2.05) is 0 Å². The number of hydrogen-bond donors (Lipinski definition) is 2. The highest BCUT2D eigenvalue weighted by atomic mass is 16.5. The smallest absolute Gasteiger partial charge is 0.227 e. The summed E-state index contributed by atoms with van der Waals surface area (Å²) in [4.78, 5) is 15.1. The fourth-order valence-corrected chi connectivity index (χ4v) is 3.58. The summed E-state index contributed by atoms with van der Waals surface area (Å²) in [7, 11) is 1.78. The Hall–Kier alpha value is -0.690. The highest BCUT2D eigenvalue weighted by Crippen LogP contribution is 2.30. The van der Waals surface area contributed by atoms with Crippen LogP contribution in [-0.2, 0) is 14.3 Å². The van der Waals surface area contributed by atoms with Crippen molar-refractivity contribution < 1.29 is 14.3 Å². The number of rotatable bonds is 6. The van der Waals surface area contributed by atoms with Crippen molar-refractivity contribution in [2.75, 3.05) is 46.5 Å². The maximum atomic E-state index is 12.7. The maximum Gasteiger partial charge on any atom is 0.227 e. The number of ether oxygens (including phenoxy) is 2. The predicted octanol–water partition coefficient (Wildman–Crippen LogP) is 0.748. The number of carbonyl (C=O) groups is 1. The third-order valence-corrected chi connectivity index (χ3v) is 5.64. The number of likely N-dealkylation sites (tertiary alicyclic amines) is 1. The summed E-state index contributed by atoms with van der Waals surface area (Å²) in [6, 6.07) is 0. The van der Waals surface area contributed by atoms with E-state index >= 15 is 0 Å². The molecular weight excluding hydrogens is 294 g/mol. The molecule has 2 aliphatic rings. The standard InChI is InChI=1S/C17H33N3O3/c1-16(2,20-8-4-14(22-3)5-9-20)13-19-15(21)17(12-18)6-10-23-11-7-17/h14H,4-13,18H2,1-3H3,(H,19,21). The molecule has 6 heteroatoms. The number of nitrogens with zero attached hydrogens (tertiary/aromatic N) is 1. The molecule has 23 heavy (non-hydrogen) atoms. The van der Waals surface area contributed by atoms with Gasteiger partial charge in [0.05, 0.1) is 11.5 Å². The Morgan fingerprint density at radius 3 is 2.48 bits per heavy atom. The van der Waals surface area contributed by atoms with E-state index in [1.54, 1.807) is 7.11 Å². The molecule has 0 aliphatic carbocycles. The van der Waals surface area contributed by atoms with Crippen molar-refractivity contribution in [2.45, 2.75) is 51.2 Å². The van der Waals surface area contributed by atoms with Crippen LogP contribution < -0.4 is 11.1 Å². The number of nitrogens with two attached hydrogens (primary N) is 1. The van der Waals surface area contributed by atoms with Gasteiger partial charge in [0.25, 0.3) is 0 Å². The van der Waals surface area contributed by atoms with Crippen LogP contribution in [-0.4, -0.2) is 69.0 Å². The highest BCUT2D eigenvalue weighted by molar-refractivity contribution is 5.83. The summed E-state index contributed by atoms with van der Waals surface area (Å²) in [5.74, 6) is 0.0863. The van der Waals surface area contributed by atoms with E-state index in [-0.39, 0.29) is 11.4 Å². The molecule has 2 fully saturated rings. The van der Waals surface area contributed by atoms with Crippen LogP contribution in [0.25, 0.3) is 0 Å². The number of hydrogen-bond acceptors (Lipinski definition) is 5. The van der Waals surface area contributed by atoms with Gasteiger partial charge in [-0.15, -0.1) is 0 Å². The minimum Gasteiger partial charge on any atom is -0.381 e. The summed E-state index contributed by atoms with van der Waals surface area (Å²) in [5, 5.41) is 3.16. The first-order valence-electron chi connectivity index (χ1n) is 8.77. The van der Waals surface area contributed by atoms with E-state index in [0.29, 0.717) is 32.4 Å². The third-order valence-electron chi connectivity index (χ3n) is 5.64. The minimum atomic E-state index is -0.447. The van der Waals surface area contributed by atoms with E-state index in [9.17, 15) is 4.79 Å². The van der Waals surface area contributed by atoms with Crippen LogP contribution in [0.4, 0.5) is 0 Å². The molecule has 0 radical (unpaired) electrons. The van der Waals surface area contributed by atoms with Crippen LogP contribution in [0.2, 0.25) is 0 Å². The molecule has 2 saturated heterocycles. The van der Waals surface area contributed by atoms with Gasteiger partial charge in [-0.1, -0.05) is 0 Å². The van der Waals surface area contributed by atoms with E-state index in [2.05, 4.69) is 24.1 Å². The van der Waals surface area contributed by atoms with Crippen LogP contribution in [0, 0.1) is 5.41 Å². The van der Waals surface area contributed by atoms with Crippen molar-refractivity contribution in [1.29, 1.82) is 0 Å². The minimum absolute atomic E-state index is 0.0602. The largest absolute Gasteiger partial charge is 0.381 e. The molecule has 0 aromatic carbocycles. The van der Waals surface area contributed by atoms with Gasteiger partial charge in [-0.3, -0.25) is 9.69 Å². The monoisotopic (exact) mass is 327 g/mol. The van der Waals surface area contributed by atoms with Crippen molar-refractivity contribution in [2.24, 2.45) is 11.1 Å². The zero-order valence-corrected chi connectivity index (χ0v) is 14.9. The van der Waals surface area contributed by atoms with E-state index in [4.69, 9.17) is 15.2 Å². The number of carbonyl (C=O) groups excluding carboxylic acids is 1. The molecule has 0 atom stereocenters. The molecule has 6 nitrogen and oxygen atoms in total. The van der Waals surface area contributed by atoms with Crippen LogP contribution in [0.5, 0.6) is 0 Å². The SMILES string of the molecule is COC1CCN(C(C)(C)CNC(=O)C2(CN)CCOCC2)CC1. The quantitative estimate of drug-likeness (QED) is 0.753. The molecule has 1 amide bonds. The molecule has 134 valence electrons. The van der Waals surface area contributed by atoms with E-state index in [1.165, 1.54) is 0 Å². The Bertz CT molecular complexity index is 387. The summed E-state index contributed by atoms with van der Waals surface area (Å²) >= 11 is 0. The molecule has 3 N–H and O–H groups in total. The van der Waals surface area contributed by atoms with Crippen LogP contribution in [0.15, 0.2) is 0 Å². The van der Waals surface area contributed by atoms with Gasteiger partial charge in [-0.25, -0.2) is 0 Å². The molecular formula is C17H33N3O3. The lowest BCUT2D eigenvalue weighted by molar-refractivity contribution is -0.136. The average Bonchev–Trinajstić information content (AvgIpc) is 2.60. The van der Waals surface area contributed by atoms with Gasteiger partial charge >= 0.3 is 0 Å². The Labute approximate surface area is 140 Å². The van der Waals surface area contributed by atoms with Crippen molar-refractivity contribution in [3.8, 4) is 0 Å². The zero-order chi connectivity index (χ0) is 16.9. The second kappa shape index (κ2) is 7.92. The van der Waals surface area contributed by atoms with Gasteiger partial charge in [0.15, 0.2) is 0 Å². The molecule has 0 spiro atoms. The second-order valence-corrected chi connectivity index (χ2v) is 7.51. The topological polar surface area (TPSA) is 76.8 Å². The highest BCUT2D eigenvalue weighted by Gasteiger charge is 2.40. The summed E-state index contributed by atoms with van der Waals surface area (Å²) in [6.45, 7) is 8.69. The first kappa shape index (κ1) is 18.6. The van der Waals surface area contributed by atoms with Crippen molar-refractivity contribution in [1.82, 2.24) is 10.2 Å². The fourth-order valence-electron chi connectivity index (χ4n) is 3.58. The van der Waals surface area contributed by atoms with E-state index < -0.39 is 5.41 Å². The Balaban J connectivity index is 1.87. The number of nitrogens with one attached hydrogen (secondary N) is 1. The van der Waals surface area contributed by atoms with Gasteiger partial charge in [0.1, 0.15) is 0 Å². The number of methoxy groups -OCH3 is 1. The number of amides is 1. The average molecular weight is 327 g/mol. The second-order valence-electron chi connectivity index (χ2n) is 7.51. The van der Waals surface area contributed by atoms with Crippen molar-refractivity contribution in [3.63, 3.8) is 0 Å². The first-order valence-corrected chi connectivity index (χ1v) is 8.77. The molecule has 2 rings (SSSR count). The Kier molecular flexibility index (Phi) is 6.42. The predicted molar refractivity (Wildman–Crippen MR) is 90.2 cm³/mol. The molecule has 0 aromatic heterocycles. The first-order chi connectivity index (χ1) is 10.9. The molecule has 0 saturated carbocycles. The molecule has 0 bridgehead atoms. The lowest BCUT2D eigenvalue weighted by atomic mass is 9.79. The van der Waals surface area contributed by atoms with Crippen LogP contribution >= 0.6 is 0 Å². The Morgan fingerprint density at radius 1 is 1.35 bits per heavy atom. The van der Waals surface area contributed by atoms with Gasteiger partial charge < -0.3 is 20.5 Å². The van der Waals surface area contributed by atoms with Gasteiger partial charge in [0, 0.05) is 52.0 Å². The molecule has 0 aromatic rings. The lowest BCUT2D eigenvalue weighted by Crippen LogP contribution is -2.57. The molecule has 2 aliphatic heterocycles. The lowest BCUT2D eigenvalue weighted by Gasteiger charge is -2.43. The zero-order valence-electron chi connectivity index (χ0n) is 14.9. The van der Waals surface area contributed by atoms with E-state index in [0.717, 1.165) is 38.8 Å². The fraction of sp³-hybridized carbons (Fsp3) is 0.941. The molecule has 0 unspecified atom stereocenters.